The van der Waals surface area contributed by atoms with Crippen LogP contribution >= 0.6 is 0 Å². The van der Waals surface area contributed by atoms with E-state index >= 15 is 0 Å². The van der Waals surface area contributed by atoms with Crippen molar-refractivity contribution in [2.75, 3.05) is 13.7 Å². The van der Waals surface area contributed by atoms with Crippen LogP contribution in [0.15, 0.2) is 35.5 Å². The van der Waals surface area contributed by atoms with Gasteiger partial charge in [-0.05, 0) is 18.2 Å². The van der Waals surface area contributed by atoms with E-state index in [1.54, 1.807) is 12.1 Å². The number of aliphatic hydroxyl groups is 1. The fourth-order valence-electron chi connectivity index (χ4n) is 1.66. The molecular formula is C13H14N4O3S. The van der Waals surface area contributed by atoms with Crippen LogP contribution in [0, 0.1) is 11.8 Å². The molecule has 0 atom stereocenters. The molecule has 1 heterocycles. The minimum atomic E-state index is -3.65. The van der Waals surface area contributed by atoms with E-state index in [1.165, 1.54) is 29.8 Å². The Kier molecular flexibility index (Phi) is 4.70. The first-order valence-corrected chi connectivity index (χ1v) is 7.48. The summed E-state index contributed by atoms with van der Waals surface area (Å²) in [6.45, 7) is -0.183. The topological polar surface area (TPSA) is 99.2 Å². The molecule has 110 valence electrons. The molecule has 0 aliphatic heterocycles. The van der Waals surface area contributed by atoms with Gasteiger partial charge in [-0.2, -0.15) is 9.40 Å². The lowest BCUT2D eigenvalue weighted by Gasteiger charge is -2.15. The molecular weight excluding hydrogens is 292 g/mol. The summed E-state index contributed by atoms with van der Waals surface area (Å²) >= 11 is 0. The quantitative estimate of drug-likeness (QED) is 0.773. The van der Waals surface area contributed by atoms with Crippen LogP contribution in [0.1, 0.15) is 11.4 Å². The van der Waals surface area contributed by atoms with Crippen LogP contribution in [0.4, 0.5) is 0 Å². The van der Waals surface area contributed by atoms with E-state index in [0.29, 0.717) is 11.4 Å². The minimum Gasteiger partial charge on any atom is -0.384 e. The smallest absolute Gasteiger partial charge is 0.243 e. The summed E-state index contributed by atoms with van der Waals surface area (Å²) in [5.41, 5.74) is 0.526. The summed E-state index contributed by atoms with van der Waals surface area (Å²) in [5.74, 6) is 5.62. The highest BCUT2D eigenvalue weighted by atomic mass is 32.2. The van der Waals surface area contributed by atoms with E-state index in [4.69, 9.17) is 5.11 Å². The van der Waals surface area contributed by atoms with Gasteiger partial charge in [0.05, 0.1) is 11.4 Å². The van der Waals surface area contributed by atoms with Gasteiger partial charge in [0, 0.05) is 12.6 Å². The molecule has 0 spiro atoms. The first-order valence-electron chi connectivity index (χ1n) is 6.04. The van der Waals surface area contributed by atoms with Crippen molar-refractivity contribution in [3.05, 3.63) is 42.0 Å². The van der Waals surface area contributed by atoms with Crippen molar-refractivity contribution in [2.24, 2.45) is 0 Å². The molecule has 0 saturated heterocycles. The van der Waals surface area contributed by atoms with Crippen molar-refractivity contribution < 1.29 is 13.5 Å². The fourth-order valence-corrected chi connectivity index (χ4v) is 2.84. The number of hydrogen-bond acceptors (Lipinski definition) is 5. The Morgan fingerprint density at radius 1 is 1.43 bits per heavy atom. The summed E-state index contributed by atoms with van der Waals surface area (Å²) in [5, 5.41) is 15.0. The maximum atomic E-state index is 12.5. The van der Waals surface area contributed by atoms with Crippen LogP contribution in [-0.2, 0) is 16.6 Å². The summed E-state index contributed by atoms with van der Waals surface area (Å²) < 4.78 is 26.1. The van der Waals surface area contributed by atoms with Crippen molar-refractivity contribution in [2.45, 2.75) is 11.4 Å². The van der Waals surface area contributed by atoms with Crippen LogP contribution in [0.3, 0.4) is 0 Å². The third kappa shape index (κ3) is 3.66. The first-order chi connectivity index (χ1) is 10.0. The van der Waals surface area contributed by atoms with Gasteiger partial charge in [-0.1, -0.05) is 17.9 Å². The number of rotatable bonds is 4. The van der Waals surface area contributed by atoms with Gasteiger partial charge in [0.1, 0.15) is 18.8 Å². The van der Waals surface area contributed by atoms with E-state index < -0.39 is 10.0 Å². The lowest BCUT2D eigenvalue weighted by molar-refractivity contribution is 0.350. The molecule has 0 aliphatic rings. The lowest BCUT2D eigenvalue weighted by Crippen LogP contribution is -2.27. The van der Waals surface area contributed by atoms with E-state index in [1.807, 2.05) is 0 Å². The maximum absolute atomic E-state index is 12.5. The van der Waals surface area contributed by atoms with Crippen molar-refractivity contribution in [1.82, 2.24) is 19.5 Å². The van der Waals surface area contributed by atoms with Gasteiger partial charge in [-0.25, -0.2) is 13.4 Å². The third-order valence-electron chi connectivity index (χ3n) is 2.69. The molecule has 0 bridgehead atoms. The van der Waals surface area contributed by atoms with Crippen LogP contribution in [0.25, 0.3) is 0 Å². The van der Waals surface area contributed by atoms with E-state index in [9.17, 15) is 8.42 Å². The Morgan fingerprint density at radius 2 is 2.24 bits per heavy atom. The molecule has 0 fully saturated rings. The molecule has 2 N–H and O–H groups in total. The van der Waals surface area contributed by atoms with Crippen LogP contribution < -0.4 is 0 Å². The highest BCUT2D eigenvalue weighted by molar-refractivity contribution is 7.89. The number of H-pyrrole nitrogens is 1. The van der Waals surface area contributed by atoms with E-state index in [2.05, 4.69) is 27.0 Å². The number of hydrogen-bond donors (Lipinski definition) is 2. The maximum Gasteiger partial charge on any atom is 0.243 e. The molecule has 0 unspecified atom stereocenters. The standard InChI is InChI=1S/C13H14N4O3S/c1-17(9-13-14-10-15-16-13)21(19,20)12-6-2-4-11(8-12)5-3-7-18/h2,4,6,8,10,18H,7,9H2,1H3,(H,14,15,16). The number of aliphatic hydroxyl groups excluding tert-OH is 1. The minimum absolute atomic E-state index is 0.0921. The number of aromatic nitrogens is 3. The molecule has 2 aromatic rings. The molecule has 1 aromatic heterocycles. The lowest BCUT2D eigenvalue weighted by atomic mass is 10.2. The highest BCUT2D eigenvalue weighted by Gasteiger charge is 2.21. The zero-order chi connectivity index (χ0) is 15.3. The Hall–Kier alpha value is -2.21. The zero-order valence-electron chi connectivity index (χ0n) is 11.3. The fraction of sp³-hybridized carbons (Fsp3) is 0.231. The van der Waals surface area contributed by atoms with E-state index in [-0.39, 0.29) is 18.0 Å². The van der Waals surface area contributed by atoms with Gasteiger partial charge in [0.15, 0.2) is 0 Å². The average Bonchev–Trinajstić information content (AvgIpc) is 2.98. The second-order valence-electron chi connectivity index (χ2n) is 4.18. The first kappa shape index (κ1) is 15.2. The molecule has 0 amide bonds. The van der Waals surface area contributed by atoms with Crippen molar-refractivity contribution >= 4 is 10.0 Å². The summed E-state index contributed by atoms with van der Waals surface area (Å²) in [7, 11) is -2.19. The molecule has 0 aliphatic carbocycles. The second kappa shape index (κ2) is 6.49. The highest BCUT2D eigenvalue weighted by Crippen LogP contribution is 2.16. The zero-order valence-corrected chi connectivity index (χ0v) is 12.1. The number of aromatic amines is 1. The van der Waals surface area contributed by atoms with Crippen molar-refractivity contribution in [3.63, 3.8) is 0 Å². The predicted octanol–water partition coefficient (Wildman–Crippen LogP) is -0.0308. The largest absolute Gasteiger partial charge is 0.384 e. The summed E-state index contributed by atoms with van der Waals surface area (Å²) in [4.78, 5) is 4.03. The summed E-state index contributed by atoms with van der Waals surface area (Å²) in [6.07, 6.45) is 1.32. The number of nitrogens with zero attached hydrogens (tertiary/aromatic N) is 3. The van der Waals surface area contributed by atoms with Gasteiger partial charge in [0.2, 0.25) is 10.0 Å². The van der Waals surface area contributed by atoms with Crippen LogP contribution in [-0.4, -0.2) is 46.7 Å². The Labute approximate surface area is 122 Å². The van der Waals surface area contributed by atoms with Gasteiger partial charge in [-0.3, -0.25) is 5.10 Å². The molecule has 21 heavy (non-hydrogen) atoms. The third-order valence-corrected chi connectivity index (χ3v) is 4.49. The van der Waals surface area contributed by atoms with E-state index in [0.717, 1.165) is 0 Å². The van der Waals surface area contributed by atoms with Crippen LogP contribution in [0.5, 0.6) is 0 Å². The number of sulfonamides is 1. The number of nitrogens with one attached hydrogen (secondary N) is 1. The van der Waals surface area contributed by atoms with Gasteiger partial charge in [-0.15, -0.1) is 0 Å². The summed E-state index contributed by atoms with van der Waals surface area (Å²) in [6, 6.07) is 6.25. The van der Waals surface area contributed by atoms with Gasteiger partial charge >= 0.3 is 0 Å². The Bertz CT molecular complexity index is 760. The Morgan fingerprint density at radius 3 is 2.90 bits per heavy atom. The average molecular weight is 306 g/mol. The Balaban J connectivity index is 2.26. The SMILES string of the molecule is CN(Cc1ncn[nH]1)S(=O)(=O)c1cccc(C#CCO)c1. The molecule has 1 aromatic carbocycles. The monoisotopic (exact) mass is 306 g/mol. The van der Waals surface area contributed by atoms with Crippen molar-refractivity contribution in [1.29, 1.82) is 0 Å². The molecule has 0 radical (unpaired) electrons. The second-order valence-corrected chi connectivity index (χ2v) is 6.23. The van der Waals surface area contributed by atoms with Gasteiger partial charge in [0.25, 0.3) is 0 Å². The normalized spacial score (nSPS) is 11.2. The van der Waals surface area contributed by atoms with Crippen LogP contribution in [0.2, 0.25) is 0 Å². The molecule has 8 heteroatoms. The number of benzene rings is 1. The molecule has 7 nitrogen and oxygen atoms in total. The molecule has 2 rings (SSSR count). The predicted molar refractivity (Wildman–Crippen MR) is 75.4 cm³/mol. The van der Waals surface area contributed by atoms with Crippen molar-refractivity contribution in [3.8, 4) is 11.8 Å². The van der Waals surface area contributed by atoms with Gasteiger partial charge < -0.3 is 5.11 Å². The molecule has 0 saturated carbocycles.